The average molecular weight is 310 g/mol. The summed E-state index contributed by atoms with van der Waals surface area (Å²) in [6.45, 7) is 9.94. The van der Waals surface area contributed by atoms with Gasteiger partial charge in [0.25, 0.3) is 0 Å². The van der Waals surface area contributed by atoms with Crippen molar-refractivity contribution in [3.63, 3.8) is 0 Å². The average Bonchev–Trinajstić information content (AvgIpc) is 3.03. The minimum Gasteiger partial charge on any atom is -0.396 e. The molecule has 2 heterocycles. The van der Waals surface area contributed by atoms with Gasteiger partial charge in [-0.2, -0.15) is 5.10 Å². The van der Waals surface area contributed by atoms with Crippen LogP contribution < -0.4 is 0 Å². The molecule has 1 aromatic rings. The Balaban J connectivity index is 1.94. The fraction of sp³-hybridized carbons (Fsp3) is 0.812. The number of aromatic nitrogens is 2. The third-order valence-corrected chi connectivity index (χ3v) is 4.68. The predicted molar refractivity (Wildman–Crippen MR) is 86.6 cm³/mol. The maximum absolute atomic E-state index is 9.65. The van der Waals surface area contributed by atoms with Gasteiger partial charge in [0, 0.05) is 57.6 Å². The highest BCUT2D eigenvalue weighted by Crippen LogP contribution is 2.25. The lowest BCUT2D eigenvalue weighted by atomic mass is 9.96. The van der Waals surface area contributed by atoms with E-state index in [4.69, 9.17) is 5.11 Å². The summed E-state index contributed by atoms with van der Waals surface area (Å²) in [5.41, 5.74) is 2.38. The first-order valence-electron chi connectivity index (χ1n) is 8.22. The summed E-state index contributed by atoms with van der Waals surface area (Å²) in [6.07, 6.45) is 2.13. The predicted octanol–water partition coefficient (Wildman–Crippen LogP) is 0.176. The van der Waals surface area contributed by atoms with E-state index in [0.29, 0.717) is 18.4 Å². The van der Waals surface area contributed by atoms with Crippen LogP contribution in [-0.2, 0) is 13.1 Å². The molecular weight excluding hydrogens is 280 g/mol. The molecule has 126 valence electrons. The SMILES string of the molecule is CCn1cc(CN2C[C@@H](CN(C)CCO)[C@@H](CO)C2)c(C)n1. The van der Waals surface area contributed by atoms with Crippen molar-refractivity contribution in [3.05, 3.63) is 17.5 Å². The summed E-state index contributed by atoms with van der Waals surface area (Å²) in [5, 5.41) is 23.2. The fourth-order valence-electron chi connectivity index (χ4n) is 3.36. The standard InChI is InChI=1S/C16H30N4O2/c1-4-20-11-14(13(2)17-20)8-19-9-15(16(10-19)12-22)7-18(3)5-6-21/h11,15-16,21-22H,4-10,12H2,1-3H3/t15-,16-/m1/s1. The van der Waals surface area contributed by atoms with E-state index < -0.39 is 0 Å². The zero-order chi connectivity index (χ0) is 16.1. The fourth-order valence-corrected chi connectivity index (χ4v) is 3.36. The molecular formula is C16H30N4O2. The molecule has 2 atom stereocenters. The normalized spacial score (nSPS) is 22.8. The van der Waals surface area contributed by atoms with E-state index in [9.17, 15) is 5.11 Å². The van der Waals surface area contributed by atoms with Gasteiger partial charge in [0.1, 0.15) is 0 Å². The molecule has 0 radical (unpaired) electrons. The van der Waals surface area contributed by atoms with Crippen molar-refractivity contribution >= 4 is 0 Å². The van der Waals surface area contributed by atoms with Crippen molar-refractivity contribution in [2.45, 2.75) is 26.9 Å². The molecule has 1 aliphatic rings. The maximum atomic E-state index is 9.65. The monoisotopic (exact) mass is 310 g/mol. The Labute approximate surface area is 133 Å². The van der Waals surface area contributed by atoms with E-state index in [-0.39, 0.29) is 13.2 Å². The third-order valence-electron chi connectivity index (χ3n) is 4.68. The first-order chi connectivity index (χ1) is 10.6. The van der Waals surface area contributed by atoms with E-state index in [0.717, 1.165) is 38.4 Å². The number of aliphatic hydroxyl groups is 2. The van der Waals surface area contributed by atoms with Gasteiger partial charge in [0.05, 0.1) is 12.3 Å². The van der Waals surface area contributed by atoms with Gasteiger partial charge in [0.2, 0.25) is 0 Å². The Hall–Kier alpha value is -0.950. The molecule has 0 saturated carbocycles. The molecule has 0 unspecified atom stereocenters. The number of nitrogens with zero attached hydrogens (tertiary/aromatic N) is 4. The molecule has 2 rings (SSSR count). The Morgan fingerprint density at radius 2 is 2.05 bits per heavy atom. The van der Waals surface area contributed by atoms with Gasteiger partial charge in [-0.05, 0) is 32.7 Å². The van der Waals surface area contributed by atoms with Crippen LogP contribution in [0.1, 0.15) is 18.2 Å². The van der Waals surface area contributed by atoms with E-state index in [2.05, 4.69) is 34.9 Å². The zero-order valence-corrected chi connectivity index (χ0v) is 14.1. The largest absolute Gasteiger partial charge is 0.396 e. The number of likely N-dealkylation sites (N-methyl/N-ethyl adjacent to an activating group) is 1. The number of rotatable bonds is 8. The molecule has 22 heavy (non-hydrogen) atoms. The molecule has 2 N–H and O–H groups in total. The van der Waals surface area contributed by atoms with E-state index in [1.54, 1.807) is 0 Å². The highest BCUT2D eigenvalue weighted by atomic mass is 16.3. The number of aliphatic hydroxyl groups excluding tert-OH is 2. The van der Waals surface area contributed by atoms with Gasteiger partial charge < -0.3 is 15.1 Å². The van der Waals surface area contributed by atoms with Crippen LogP contribution in [0.5, 0.6) is 0 Å². The van der Waals surface area contributed by atoms with Gasteiger partial charge in [-0.3, -0.25) is 9.58 Å². The summed E-state index contributed by atoms with van der Waals surface area (Å²) < 4.78 is 1.98. The smallest absolute Gasteiger partial charge is 0.0638 e. The quantitative estimate of drug-likeness (QED) is 0.717. The molecule has 0 aliphatic carbocycles. The van der Waals surface area contributed by atoms with Crippen molar-refractivity contribution < 1.29 is 10.2 Å². The molecule has 0 amide bonds. The highest BCUT2D eigenvalue weighted by molar-refractivity contribution is 5.15. The van der Waals surface area contributed by atoms with Crippen molar-refractivity contribution in [1.82, 2.24) is 19.6 Å². The first-order valence-corrected chi connectivity index (χ1v) is 8.22. The van der Waals surface area contributed by atoms with E-state index >= 15 is 0 Å². The van der Waals surface area contributed by atoms with Crippen LogP contribution in [0.15, 0.2) is 6.20 Å². The molecule has 1 fully saturated rings. The van der Waals surface area contributed by atoms with Crippen LogP contribution in [0.25, 0.3) is 0 Å². The Bertz CT molecular complexity index is 463. The molecule has 6 heteroatoms. The molecule has 1 aliphatic heterocycles. The maximum Gasteiger partial charge on any atom is 0.0638 e. The van der Waals surface area contributed by atoms with Crippen molar-refractivity contribution in [2.24, 2.45) is 11.8 Å². The number of hydrogen-bond donors (Lipinski definition) is 2. The van der Waals surface area contributed by atoms with Gasteiger partial charge >= 0.3 is 0 Å². The van der Waals surface area contributed by atoms with Crippen LogP contribution in [0.4, 0.5) is 0 Å². The third kappa shape index (κ3) is 4.29. The zero-order valence-electron chi connectivity index (χ0n) is 14.1. The Morgan fingerprint density at radius 3 is 2.64 bits per heavy atom. The second kappa shape index (κ2) is 8.06. The lowest BCUT2D eigenvalue weighted by Crippen LogP contribution is -2.32. The lowest BCUT2D eigenvalue weighted by molar-refractivity contribution is 0.160. The van der Waals surface area contributed by atoms with E-state index in [1.807, 2.05) is 11.7 Å². The Morgan fingerprint density at radius 1 is 1.32 bits per heavy atom. The molecule has 6 nitrogen and oxygen atoms in total. The molecule has 0 aromatic carbocycles. The second-order valence-corrected chi connectivity index (χ2v) is 6.48. The number of aryl methyl sites for hydroxylation is 2. The highest BCUT2D eigenvalue weighted by Gasteiger charge is 2.33. The molecule has 0 spiro atoms. The van der Waals surface area contributed by atoms with Gasteiger partial charge in [-0.25, -0.2) is 0 Å². The van der Waals surface area contributed by atoms with Gasteiger partial charge in [0.15, 0.2) is 0 Å². The molecule has 1 saturated heterocycles. The summed E-state index contributed by atoms with van der Waals surface area (Å²) in [6, 6.07) is 0. The summed E-state index contributed by atoms with van der Waals surface area (Å²) in [4.78, 5) is 4.57. The van der Waals surface area contributed by atoms with Crippen LogP contribution in [-0.4, -0.2) is 76.2 Å². The van der Waals surface area contributed by atoms with Crippen LogP contribution in [0, 0.1) is 18.8 Å². The Kier molecular flexibility index (Phi) is 6.37. The molecule has 1 aromatic heterocycles. The topological polar surface area (TPSA) is 64.8 Å². The van der Waals surface area contributed by atoms with E-state index in [1.165, 1.54) is 5.56 Å². The number of likely N-dealkylation sites (tertiary alicyclic amines) is 1. The summed E-state index contributed by atoms with van der Waals surface area (Å²) in [7, 11) is 2.03. The van der Waals surface area contributed by atoms with Crippen molar-refractivity contribution in [1.29, 1.82) is 0 Å². The summed E-state index contributed by atoms with van der Waals surface area (Å²) in [5.74, 6) is 0.783. The molecule has 0 bridgehead atoms. The number of hydrogen-bond acceptors (Lipinski definition) is 5. The van der Waals surface area contributed by atoms with Crippen LogP contribution in [0.2, 0.25) is 0 Å². The van der Waals surface area contributed by atoms with Gasteiger partial charge in [-0.15, -0.1) is 0 Å². The minimum absolute atomic E-state index is 0.187. The van der Waals surface area contributed by atoms with Crippen LogP contribution in [0.3, 0.4) is 0 Å². The van der Waals surface area contributed by atoms with Gasteiger partial charge in [-0.1, -0.05) is 0 Å². The van der Waals surface area contributed by atoms with Crippen LogP contribution >= 0.6 is 0 Å². The van der Waals surface area contributed by atoms with Crippen molar-refractivity contribution in [2.75, 3.05) is 46.4 Å². The van der Waals surface area contributed by atoms with Crippen molar-refractivity contribution in [3.8, 4) is 0 Å². The summed E-state index contributed by atoms with van der Waals surface area (Å²) >= 11 is 0. The first kappa shape index (κ1) is 17.4. The second-order valence-electron chi connectivity index (χ2n) is 6.48. The lowest BCUT2D eigenvalue weighted by Gasteiger charge is -2.23. The minimum atomic E-state index is 0.187.